The Morgan fingerprint density at radius 1 is 1.27 bits per heavy atom. The molecule has 5 heteroatoms. The zero-order valence-corrected chi connectivity index (χ0v) is 13.1. The summed E-state index contributed by atoms with van der Waals surface area (Å²) in [5.41, 5.74) is 3.62. The zero-order chi connectivity index (χ0) is 15.1. The van der Waals surface area contributed by atoms with Crippen LogP contribution in [0, 0.1) is 6.92 Å². The molecule has 116 valence electrons. The number of rotatable bonds is 2. The minimum absolute atomic E-state index is 0.194. The SMILES string of the molecule is Cc1nn(C)c2c1CN[C@@H]1CN(Cc3ccccc3)C[C@H]1O2. The first kappa shape index (κ1) is 13.8. The van der Waals surface area contributed by atoms with Crippen LogP contribution in [0.4, 0.5) is 0 Å². The summed E-state index contributed by atoms with van der Waals surface area (Å²) in [6.07, 6.45) is 0.194. The molecule has 0 spiro atoms. The second-order valence-electron chi connectivity index (χ2n) is 6.32. The molecule has 0 saturated carbocycles. The lowest BCUT2D eigenvalue weighted by Gasteiger charge is -2.17. The third-order valence-corrected chi connectivity index (χ3v) is 4.68. The van der Waals surface area contributed by atoms with Crippen LogP contribution < -0.4 is 10.1 Å². The Balaban J connectivity index is 1.49. The quantitative estimate of drug-likeness (QED) is 0.911. The third kappa shape index (κ3) is 2.40. The van der Waals surface area contributed by atoms with Crippen molar-refractivity contribution < 1.29 is 4.74 Å². The summed E-state index contributed by atoms with van der Waals surface area (Å²) >= 11 is 0. The lowest BCUT2D eigenvalue weighted by atomic mass is 10.2. The molecule has 0 radical (unpaired) electrons. The molecule has 2 aliphatic rings. The average Bonchev–Trinajstić information content (AvgIpc) is 2.93. The Kier molecular flexibility index (Phi) is 3.39. The molecule has 5 nitrogen and oxygen atoms in total. The van der Waals surface area contributed by atoms with Crippen LogP contribution in [0.5, 0.6) is 5.88 Å². The molecule has 22 heavy (non-hydrogen) atoms. The number of aryl methyl sites for hydroxylation is 2. The monoisotopic (exact) mass is 298 g/mol. The van der Waals surface area contributed by atoms with Gasteiger partial charge in [-0.15, -0.1) is 0 Å². The van der Waals surface area contributed by atoms with Gasteiger partial charge in [-0.2, -0.15) is 5.10 Å². The van der Waals surface area contributed by atoms with Gasteiger partial charge >= 0.3 is 0 Å². The third-order valence-electron chi connectivity index (χ3n) is 4.68. The molecule has 1 aromatic heterocycles. The van der Waals surface area contributed by atoms with E-state index in [2.05, 4.69) is 45.6 Å². The molecule has 1 aromatic carbocycles. The molecule has 2 aliphatic heterocycles. The van der Waals surface area contributed by atoms with Crippen LogP contribution in [0.3, 0.4) is 0 Å². The number of hydrogen-bond donors (Lipinski definition) is 1. The first-order valence-electron chi connectivity index (χ1n) is 7.89. The van der Waals surface area contributed by atoms with Gasteiger partial charge in [-0.25, -0.2) is 4.68 Å². The highest BCUT2D eigenvalue weighted by Crippen LogP contribution is 2.28. The molecule has 3 heterocycles. The maximum absolute atomic E-state index is 6.30. The molecule has 0 unspecified atom stereocenters. The van der Waals surface area contributed by atoms with Crippen molar-refractivity contribution in [2.24, 2.45) is 7.05 Å². The highest BCUT2D eigenvalue weighted by atomic mass is 16.5. The molecular formula is C17H22N4O. The topological polar surface area (TPSA) is 42.3 Å². The summed E-state index contributed by atoms with van der Waals surface area (Å²) in [7, 11) is 1.96. The van der Waals surface area contributed by atoms with Crippen molar-refractivity contribution in [1.82, 2.24) is 20.0 Å². The minimum atomic E-state index is 0.194. The van der Waals surface area contributed by atoms with E-state index in [0.29, 0.717) is 6.04 Å². The predicted octanol–water partition coefficient (Wildman–Crippen LogP) is 1.46. The van der Waals surface area contributed by atoms with E-state index in [-0.39, 0.29) is 6.10 Å². The molecule has 1 saturated heterocycles. The number of nitrogens with one attached hydrogen (secondary N) is 1. The van der Waals surface area contributed by atoms with Crippen molar-refractivity contribution in [3.8, 4) is 5.88 Å². The van der Waals surface area contributed by atoms with Crippen LogP contribution >= 0.6 is 0 Å². The van der Waals surface area contributed by atoms with Gasteiger partial charge in [0.15, 0.2) is 0 Å². The van der Waals surface area contributed by atoms with Crippen LogP contribution in [0.1, 0.15) is 16.8 Å². The van der Waals surface area contributed by atoms with Gasteiger partial charge in [0.2, 0.25) is 5.88 Å². The fourth-order valence-electron chi connectivity index (χ4n) is 3.55. The summed E-state index contributed by atoms with van der Waals surface area (Å²) in [5.74, 6) is 0.930. The first-order valence-corrected chi connectivity index (χ1v) is 7.89. The van der Waals surface area contributed by atoms with E-state index in [4.69, 9.17) is 4.74 Å². The van der Waals surface area contributed by atoms with Gasteiger partial charge in [0, 0.05) is 33.2 Å². The van der Waals surface area contributed by atoms with Crippen LogP contribution in [0.25, 0.3) is 0 Å². The van der Waals surface area contributed by atoms with Crippen molar-refractivity contribution in [3.05, 3.63) is 47.2 Å². The highest BCUT2D eigenvalue weighted by Gasteiger charge is 2.37. The Labute approximate surface area is 130 Å². The number of fused-ring (bicyclic) bond motifs is 2. The number of nitrogens with zero attached hydrogens (tertiary/aromatic N) is 3. The summed E-state index contributed by atoms with van der Waals surface area (Å²) in [6, 6.07) is 11.0. The minimum Gasteiger partial charge on any atom is -0.471 e. The maximum atomic E-state index is 6.30. The fourth-order valence-corrected chi connectivity index (χ4v) is 3.55. The normalized spacial score (nSPS) is 24.5. The van der Waals surface area contributed by atoms with Crippen molar-refractivity contribution in [2.75, 3.05) is 13.1 Å². The number of likely N-dealkylation sites (tertiary alicyclic amines) is 1. The summed E-state index contributed by atoms with van der Waals surface area (Å²) < 4.78 is 8.17. The van der Waals surface area contributed by atoms with Gasteiger partial charge in [-0.1, -0.05) is 30.3 Å². The van der Waals surface area contributed by atoms with Gasteiger partial charge < -0.3 is 10.1 Å². The standard InChI is InChI=1S/C17H22N4O/c1-12-14-8-18-15-10-21(9-13-6-4-3-5-7-13)11-16(15)22-17(14)20(2)19-12/h3-7,15-16,18H,8-11H2,1-2H3/t15-,16-/m1/s1. The maximum Gasteiger partial charge on any atom is 0.216 e. The largest absolute Gasteiger partial charge is 0.471 e. The molecule has 4 rings (SSSR count). The van der Waals surface area contributed by atoms with E-state index in [9.17, 15) is 0 Å². The number of aromatic nitrogens is 2. The summed E-state index contributed by atoms with van der Waals surface area (Å²) in [4.78, 5) is 2.46. The molecule has 0 aliphatic carbocycles. The van der Waals surface area contributed by atoms with Crippen LogP contribution in [-0.2, 0) is 20.1 Å². The van der Waals surface area contributed by atoms with Crippen molar-refractivity contribution in [2.45, 2.75) is 32.2 Å². The number of hydrogen-bond acceptors (Lipinski definition) is 4. The van der Waals surface area contributed by atoms with E-state index in [1.807, 2.05) is 18.7 Å². The molecule has 2 atom stereocenters. The predicted molar refractivity (Wildman–Crippen MR) is 84.7 cm³/mol. The van der Waals surface area contributed by atoms with Crippen molar-refractivity contribution >= 4 is 0 Å². The van der Waals surface area contributed by atoms with Crippen LogP contribution in [0.15, 0.2) is 30.3 Å². The molecule has 1 fully saturated rings. The number of benzene rings is 1. The highest BCUT2D eigenvalue weighted by molar-refractivity contribution is 5.32. The van der Waals surface area contributed by atoms with Gasteiger partial charge in [-0.3, -0.25) is 4.90 Å². The van der Waals surface area contributed by atoms with Gasteiger partial charge in [0.25, 0.3) is 0 Å². The van der Waals surface area contributed by atoms with Crippen molar-refractivity contribution in [3.63, 3.8) is 0 Å². The number of ether oxygens (including phenoxy) is 1. The fraction of sp³-hybridized carbons (Fsp3) is 0.471. The average molecular weight is 298 g/mol. The van der Waals surface area contributed by atoms with Crippen LogP contribution in [-0.4, -0.2) is 39.9 Å². The summed E-state index contributed by atoms with van der Waals surface area (Å²) in [6.45, 7) is 5.86. The summed E-state index contributed by atoms with van der Waals surface area (Å²) in [5, 5.41) is 8.12. The van der Waals surface area contributed by atoms with E-state index >= 15 is 0 Å². The Bertz CT molecular complexity index is 667. The van der Waals surface area contributed by atoms with E-state index in [0.717, 1.165) is 37.8 Å². The second kappa shape index (κ2) is 5.41. The van der Waals surface area contributed by atoms with E-state index in [1.54, 1.807) is 0 Å². The molecule has 0 amide bonds. The Morgan fingerprint density at radius 2 is 2.09 bits per heavy atom. The lowest BCUT2D eigenvalue weighted by molar-refractivity contribution is 0.171. The second-order valence-corrected chi connectivity index (χ2v) is 6.32. The smallest absolute Gasteiger partial charge is 0.216 e. The lowest BCUT2D eigenvalue weighted by Crippen LogP contribution is -2.39. The Hall–Kier alpha value is -1.85. The van der Waals surface area contributed by atoms with Gasteiger partial charge in [0.1, 0.15) is 6.10 Å². The first-order chi connectivity index (χ1) is 10.7. The molecular weight excluding hydrogens is 276 g/mol. The molecule has 0 bridgehead atoms. The zero-order valence-electron chi connectivity index (χ0n) is 13.1. The van der Waals surface area contributed by atoms with E-state index in [1.165, 1.54) is 11.1 Å². The molecule has 1 N–H and O–H groups in total. The van der Waals surface area contributed by atoms with Crippen molar-refractivity contribution in [1.29, 1.82) is 0 Å². The van der Waals surface area contributed by atoms with Gasteiger partial charge in [0.05, 0.1) is 17.3 Å². The van der Waals surface area contributed by atoms with Gasteiger partial charge in [-0.05, 0) is 12.5 Å². The van der Waals surface area contributed by atoms with E-state index < -0.39 is 0 Å². The molecule has 2 aromatic rings. The Morgan fingerprint density at radius 3 is 2.91 bits per heavy atom. The van der Waals surface area contributed by atoms with Crippen LogP contribution in [0.2, 0.25) is 0 Å².